The number of aromatic nitrogens is 2. The summed E-state index contributed by atoms with van der Waals surface area (Å²) < 4.78 is 5.40. The number of hydrogen-bond acceptors (Lipinski definition) is 0. The van der Waals surface area contributed by atoms with Gasteiger partial charge < -0.3 is 9.05 Å². The Morgan fingerprint density at radius 3 is 1.58 bits per heavy atom. The predicted octanol–water partition coefficient (Wildman–Crippen LogP) is 12.7. The largest absolute Gasteiger partial charge is 0.375 e. The second-order valence-electron chi connectivity index (χ2n) is 20.7. The van der Waals surface area contributed by atoms with Crippen molar-refractivity contribution in [2.24, 2.45) is 0 Å². The van der Waals surface area contributed by atoms with Crippen LogP contribution in [0.15, 0.2) is 103 Å². The van der Waals surface area contributed by atoms with Crippen LogP contribution in [0.2, 0.25) is 0 Å². The molecule has 0 fully saturated rings. The lowest BCUT2D eigenvalue weighted by atomic mass is 9.45. The molecule has 2 aliphatic heterocycles. The van der Waals surface area contributed by atoms with Crippen molar-refractivity contribution in [1.29, 1.82) is 0 Å². The quantitative estimate of drug-likeness (QED) is 0.150. The number of hydrogen-bond donors (Lipinski definition) is 0. The van der Waals surface area contributed by atoms with Crippen LogP contribution in [-0.4, -0.2) is 15.9 Å². The van der Waals surface area contributed by atoms with Gasteiger partial charge in [-0.05, 0) is 114 Å². The third-order valence-electron chi connectivity index (χ3n) is 12.9. The Morgan fingerprint density at radius 1 is 0.418 bits per heavy atom. The van der Waals surface area contributed by atoms with E-state index in [9.17, 15) is 0 Å². The first-order valence-electron chi connectivity index (χ1n) is 20.3. The summed E-state index contributed by atoms with van der Waals surface area (Å²) in [6.07, 6.45) is 0. The first-order valence-corrected chi connectivity index (χ1v) is 20.3. The molecule has 0 saturated carbocycles. The van der Waals surface area contributed by atoms with E-state index in [-0.39, 0.29) is 28.5 Å². The molecule has 0 unspecified atom stereocenters. The molecule has 55 heavy (non-hydrogen) atoms. The summed E-state index contributed by atoms with van der Waals surface area (Å²) in [5.74, 6) is 0. The van der Waals surface area contributed by atoms with Gasteiger partial charge in [-0.2, -0.15) is 0 Å². The standard InChI is InChI=1S/C52H53BN2/c1-49(2,3)31-21-22-43-37(23-31)39-26-33(51(7,8)9)25-38-35-19-16-20-44-45(35)53(55(43)47(38)39)42-29-34(52(10,11)12)28-41-40-27-32(50(4,5)6)24-36(30-17-14-13-15-18-30)46(40)54(44)48(41)42/h13-29H,1-12H3. The van der Waals surface area contributed by atoms with Crippen molar-refractivity contribution >= 4 is 61.4 Å². The maximum Gasteiger partial charge on any atom is 0.333 e. The SMILES string of the molecule is CC(C)(C)c1ccc2c(c1)c1cc(C(C)(C)C)cc3c1n2B1c2c-3cccc2-n2c3c1cc(C(C)(C)C)cc3c1cc(C(C)(C)C)cc(-c3ccccc3)c12. The molecule has 274 valence electrons. The van der Waals surface area contributed by atoms with E-state index < -0.39 is 0 Å². The second kappa shape index (κ2) is 10.8. The number of fused-ring (bicyclic) bond motifs is 10. The van der Waals surface area contributed by atoms with E-state index in [0.29, 0.717) is 0 Å². The van der Waals surface area contributed by atoms with Crippen molar-refractivity contribution in [3.05, 3.63) is 125 Å². The number of benzene rings is 6. The van der Waals surface area contributed by atoms with Crippen LogP contribution in [0.1, 0.15) is 105 Å². The van der Waals surface area contributed by atoms with Crippen molar-refractivity contribution < 1.29 is 0 Å². The maximum atomic E-state index is 2.74. The molecular formula is C52H53BN2. The predicted molar refractivity (Wildman–Crippen MR) is 240 cm³/mol. The Bertz CT molecular complexity index is 2940. The first-order chi connectivity index (χ1) is 25.8. The fourth-order valence-electron chi connectivity index (χ4n) is 9.71. The maximum absolute atomic E-state index is 2.74. The van der Waals surface area contributed by atoms with Crippen LogP contribution >= 0.6 is 0 Å². The highest BCUT2D eigenvalue weighted by atomic mass is 15.0. The normalized spacial score (nSPS) is 14.1. The Labute approximate surface area is 327 Å². The van der Waals surface area contributed by atoms with Crippen LogP contribution in [0.5, 0.6) is 0 Å². The molecule has 10 rings (SSSR count). The molecule has 8 aromatic rings. The minimum absolute atomic E-state index is 0.00120. The average molecular weight is 717 g/mol. The summed E-state index contributed by atoms with van der Waals surface area (Å²) in [7, 11) is 0. The van der Waals surface area contributed by atoms with E-state index >= 15 is 0 Å². The molecule has 3 heteroatoms. The lowest BCUT2D eigenvalue weighted by Gasteiger charge is -2.35. The molecule has 2 aromatic heterocycles. The summed E-state index contributed by atoms with van der Waals surface area (Å²) >= 11 is 0. The Kier molecular flexibility index (Phi) is 6.80. The average Bonchev–Trinajstić information content (AvgIpc) is 3.63. The van der Waals surface area contributed by atoms with Gasteiger partial charge in [0.2, 0.25) is 0 Å². The highest BCUT2D eigenvalue weighted by Gasteiger charge is 2.43. The van der Waals surface area contributed by atoms with Gasteiger partial charge in [-0.1, -0.05) is 138 Å². The van der Waals surface area contributed by atoms with Gasteiger partial charge in [0.1, 0.15) is 0 Å². The van der Waals surface area contributed by atoms with Gasteiger partial charge in [0, 0.05) is 49.4 Å². The summed E-state index contributed by atoms with van der Waals surface area (Å²) in [4.78, 5) is 0. The zero-order chi connectivity index (χ0) is 38.7. The van der Waals surface area contributed by atoms with Crippen LogP contribution in [0.4, 0.5) is 0 Å². The van der Waals surface area contributed by atoms with Crippen molar-refractivity contribution in [3.8, 4) is 27.9 Å². The van der Waals surface area contributed by atoms with Gasteiger partial charge in [0.05, 0.1) is 11.0 Å². The van der Waals surface area contributed by atoms with Gasteiger partial charge in [-0.3, -0.25) is 0 Å². The smallest absolute Gasteiger partial charge is 0.333 e. The highest BCUT2D eigenvalue weighted by molar-refractivity contribution is 6.90. The van der Waals surface area contributed by atoms with E-state index in [1.165, 1.54) is 105 Å². The minimum Gasteiger partial charge on any atom is -0.375 e. The minimum atomic E-state index is -0.0350. The molecule has 0 bridgehead atoms. The van der Waals surface area contributed by atoms with Crippen molar-refractivity contribution in [2.75, 3.05) is 0 Å². The molecule has 0 aliphatic carbocycles. The fourth-order valence-corrected chi connectivity index (χ4v) is 9.71. The first kappa shape index (κ1) is 34.5. The molecule has 0 radical (unpaired) electrons. The van der Waals surface area contributed by atoms with Crippen molar-refractivity contribution in [2.45, 2.75) is 105 Å². The highest BCUT2D eigenvalue weighted by Crippen LogP contribution is 2.48. The van der Waals surface area contributed by atoms with Crippen molar-refractivity contribution in [1.82, 2.24) is 9.05 Å². The van der Waals surface area contributed by atoms with Crippen LogP contribution < -0.4 is 10.9 Å². The van der Waals surface area contributed by atoms with Gasteiger partial charge in [-0.25, -0.2) is 0 Å². The Balaban J connectivity index is 1.45. The molecule has 0 atom stereocenters. The number of rotatable bonds is 1. The van der Waals surface area contributed by atoms with Crippen LogP contribution in [0, 0.1) is 0 Å². The van der Waals surface area contributed by atoms with Gasteiger partial charge in [0.25, 0.3) is 0 Å². The van der Waals surface area contributed by atoms with Gasteiger partial charge >= 0.3 is 6.85 Å². The summed E-state index contributed by atoms with van der Waals surface area (Å²) in [5.41, 5.74) is 20.2. The molecule has 2 nitrogen and oxygen atoms in total. The lowest BCUT2D eigenvalue weighted by Crippen LogP contribution is -2.55. The van der Waals surface area contributed by atoms with E-state index in [2.05, 4.69) is 195 Å². The van der Waals surface area contributed by atoms with E-state index in [1.807, 2.05) is 0 Å². The lowest BCUT2D eigenvalue weighted by molar-refractivity contribution is 0.590. The van der Waals surface area contributed by atoms with Crippen LogP contribution in [-0.2, 0) is 21.7 Å². The molecule has 6 aromatic carbocycles. The number of nitrogens with zero attached hydrogens (tertiary/aromatic N) is 2. The zero-order valence-electron chi connectivity index (χ0n) is 34.8. The molecule has 0 amide bonds. The summed E-state index contributed by atoms with van der Waals surface area (Å²) in [5, 5.41) is 5.43. The summed E-state index contributed by atoms with van der Waals surface area (Å²) in [6, 6.07) is 40.7. The summed E-state index contributed by atoms with van der Waals surface area (Å²) in [6.45, 7) is 28.3. The molecular weight excluding hydrogens is 663 g/mol. The van der Waals surface area contributed by atoms with E-state index in [4.69, 9.17) is 0 Å². The molecule has 2 aliphatic rings. The fraction of sp³-hybridized carbons (Fsp3) is 0.308. The topological polar surface area (TPSA) is 9.86 Å². The van der Waals surface area contributed by atoms with Crippen LogP contribution in [0.3, 0.4) is 0 Å². The Hall–Kier alpha value is -5.02. The van der Waals surface area contributed by atoms with Crippen molar-refractivity contribution in [3.63, 3.8) is 0 Å². The third-order valence-corrected chi connectivity index (χ3v) is 12.9. The van der Waals surface area contributed by atoms with Crippen LogP contribution in [0.25, 0.3) is 71.6 Å². The molecule has 0 spiro atoms. The monoisotopic (exact) mass is 716 g/mol. The van der Waals surface area contributed by atoms with Gasteiger partial charge in [0.15, 0.2) is 0 Å². The third kappa shape index (κ3) is 4.81. The van der Waals surface area contributed by atoms with E-state index in [1.54, 1.807) is 0 Å². The second-order valence-corrected chi connectivity index (χ2v) is 20.7. The molecule has 0 saturated heterocycles. The van der Waals surface area contributed by atoms with E-state index in [0.717, 1.165) is 0 Å². The molecule has 4 heterocycles. The Morgan fingerprint density at radius 2 is 0.964 bits per heavy atom. The van der Waals surface area contributed by atoms with Gasteiger partial charge in [-0.15, -0.1) is 0 Å². The zero-order valence-corrected chi connectivity index (χ0v) is 34.8. The molecule has 0 N–H and O–H groups in total.